The van der Waals surface area contributed by atoms with Gasteiger partial charge in [0.2, 0.25) is 6.79 Å². The first-order chi connectivity index (χ1) is 9.30. The molecule has 1 saturated heterocycles. The molecule has 3 unspecified atom stereocenters. The Balaban J connectivity index is 2.07. The molecule has 2 saturated carbocycles. The van der Waals surface area contributed by atoms with Gasteiger partial charge in [0, 0.05) is 0 Å². The molecule has 20 heavy (non-hydrogen) atoms. The molecule has 3 aliphatic rings. The first kappa shape index (κ1) is 13.9. The van der Waals surface area contributed by atoms with E-state index in [0.717, 1.165) is 12.8 Å². The van der Waals surface area contributed by atoms with Crippen molar-refractivity contribution in [1.29, 1.82) is 0 Å². The van der Waals surface area contributed by atoms with Gasteiger partial charge in [-0.15, -0.1) is 0 Å². The monoisotopic (exact) mass is 280 g/mol. The van der Waals surface area contributed by atoms with Gasteiger partial charge in [-0.2, -0.15) is 0 Å². The summed E-state index contributed by atoms with van der Waals surface area (Å²) in [6.45, 7) is 8.49. The molecule has 0 amide bonds. The zero-order chi connectivity index (χ0) is 14.8. The second kappa shape index (κ2) is 3.99. The maximum absolute atomic E-state index is 12.5. The smallest absolute Gasteiger partial charge is 0.326 e. The second-order valence-electron chi connectivity index (χ2n) is 7.47. The highest BCUT2D eigenvalue weighted by atomic mass is 16.7. The highest BCUT2D eigenvalue weighted by Crippen LogP contribution is 2.72. The van der Waals surface area contributed by atoms with Gasteiger partial charge < -0.3 is 9.47 Å². The van der Waals surface area contributed by atoms with Crippen LogP contribution in [0.3, 0.4) is 0 Å². The van der Waals surface area contributed by atoms with E-state index in [2.05, 4.69) is 20.8 Å². The van der Waals surface area contributed by atoms with Crippen molar-refractivity contribution in [3.05, 3.63) is 0 Å². The summed E-state index contributed by atoms with van der Waals surface area (Å²) in [6.07, 6.45) is 3.68. The standard InChI is InChI=1S/C16H24O4/c1-5-16(12(17)19-9-20-13(16)18)11-8-10-6-7-15(11,4)14(10,2)3/h10-11H,5-9H2,1-4H3. The van der Waals surface area contributed by atoms with Gasteiger partial charge in [-0.1, -0.05) is 27.7 Å². The third-order valence-corrected chi connectivity index (χ3v) is 7.06. The van der Waals surface area contributed by atoms with Crippen LogP contribution >= 0.6 is 0 Å². The Labute approximate surface area is 120 Å². The summed E-state index contributed by atoms with van der Waals surface area (Å²) in [5, 5.41) is 0. The van der Waals surface area contributed by atoms with Crippen LogP contribution in [0.5, 0.6) is 0 Å². The van der Waals surface area contributed by atoms with E-state index in [4.69, 9.17) is 9.47 Å². The number of ether oxygens (including phenoxy) is 2. The van der Waals surface area contributed by atoms with E-state index in [1.165, 1.54) is 6.42 Å². The van der Waals surface area contributed by atoms with E-state index >= 15 is 0 Å². The summed E-state index contributed by atoms with van der Waals surface area (Å²) in [5.41, 5.74) is -0.916. The molecule has 2 aliphatic carbocycles. The Kier molecular flexibility index (Phi) is 2.77. The highest BCUT2D eigenvalue weighted by molar-refractivity contribution is 6.01. The third kappa shape index (κ3) is 1.33. The van der Waals surface area contributed by atoms with E-state index in [1.54, 1.807) is 0 Å². The van der Waals surface area contributed by atoms with Gasteiger partial charge >= 0.3 is 11.9 Å². The van der Waals surface area contributed by atoms with Crippen molar-refractivity contribution in [3.8, 4) is 0 Å². The van der Waals surface area contributed by atoms with E-state index < -0.39 is 5.41 Å². The summed E-state index contributed by atoms with van der Waals surface area (Å²) >= 11 is 0. The number of esters is 2. The molecule has 3 fully saturated rings. The molecule has 0 spiro atoms. The first-order valence-electron chi connectivity index (χ1n) is 7.65. The fourth-order valence-corrected chi connectivity index (χ4v) is 5.25. The Bertz CT molecular complexity index is 451. The molecule has 3 atom stereocenters. The minimum Gasteiger partial charge on any atom is -0.427 e. The van der Waals surface area contributed by atoms with Crippen LogP contribution in [0.2, 0.25) is 0 Å². The number of carbonyl (C=O) groups excluding carboxylic acids is 2. The molecule has 1 heterocycles. The minimum absolute atomic E-state index is 0.00303. The molecule has 4 nitrogen and oxygen atoms in total. The maximum Gasteiger partial charge on any atom is 0.326 e. The van der Waals surface area contributed by atoms with Crippen LogP contribution < -0.4 is 0 Å². The zero-order valence-electron chi connectivity index (χ0n) is 12.8. The van der Waals surface area contributed by atoms with Crippen molar-refractivity contribution in [2.45, 2.75) is 53.4 Å². The lowest BCUT2D eigenvalue weighted by atomic mass is 9.57. The van der Waals surface area contributed by atoms with Gasteiger partial charge in [0.1, 0.15) is 0 Å². The van der Waals surface area contributed by atoms with Crippen molar-refractivity contribution < 1.29 is 19.1 Å². The molecule has 1 aliphatic heterocycles. The van der Waals surface area contributed by atoms with Crippen molar-refractivity contribution in [2.75, 3.05) is 6.79 Å². The fraction of sp³-hybridized carbons (Fsp3) is 0.875. The van der Waals surface area contributed by atoms with Crippen molar-refractivity contribution >= 4 is 11.9 Å². The average molecular weight is 280 g/mol. The number of fused-ring (bicyclic) bond motifs is 2. The normalized spacial score (nSPS) is 41.4. The highest BCUT2D eigenvalue weighted by Gasteiger charge is 2.70. The molecule has 2 bridgehead atoms. The summed E-state index contributed by atoms with van der Waals surface area (Å²) in [5.74, 6) is -0.117. The Morgan fingerprint density at radius 3 is 2.15 bits per heavy atom. The van der Waals surface area contributed by atoms with Crippen LogP contribution in [-0.2, 0) is 19.1 Å². The summed E-state index contributed by atoms with van der Waals surface area (Å²) in [7, 11) is 0. The number of hydrogen-bond donors (Lipinski definition) is 0. The van der Waals surface area contributed by atoms with E-state index in [0.29, 0.717) is 12.3 Å². The number of carbonyl (C=O) groups is 2. The van der Waals surface area contributed by atoms with Gasteiger partial charge in [-0.05, 0) is 48.3 Å². The summed E-state index contributed by atoms with van der Waals surface area (Å²) in [6, 6.07) is 0. The second-order valence-corrected chi connectivity index (χ2v) is 7.47. The van der Waals surface area contributed by atoms with Crippen molar-refractivity contribution in [1.82, 2.24) is 0 Å². The van der Waals surface area contributed by atoms with Crippen molar-refractivity contribution in [2.24, 2.45) is 28.1 Å². The molecule has 4 heteroatoms. The molecular formula is C16H24O4. The van der Waals surface area contributed by atoms with Gasteiger partial charge in [-0.25, -0.2) is 0 Å². The molecule has 3 rings (SSSR count). The van der Waals surface area contributed by atoms with Crippen LogP contribution in [-0.4, -0.2) is 18.7 Å². The lowest BCUT2D eigenvalue weighted by Crippen LogP contribution is -2.55. The van der Waals surface area contributed by atoms with Gasteiger partial charge in [-0.3, -0.25) is 9.59 Å². The molecule has 0 radical (unpaired) electrons. The van der Waals surface area contributed by atoms with Crippen LogP contribution in [0.25, 0.3) is 0 Å². The summed E-state index contributed by atoms with van der Waals surface area (Å²) in [4.78, 5) is 24.9. The van der Waals surface area contributed by atoms with E-state index in [9.17, 15) is 9.59 Å². The van der Waals surface area contributed by atoms with Crippen LogP contribution in [0.4, 0.5) is 0 Å². The molecule has 0 aromatic heterocycles. The molecule has 0 aromatic carbocycles. The number of hydrogen-bond acceptors (Lipinski definition) is 4. The predicted molar refractivity (Wildman–Crippen MR) is 72.5 cm³/mol. The third-order valence-electron chi connectivity index (χ3n) is 7.06. The van der Waals surface area contributed by atoms with Crippen LogP contribution in [0.15, 0.2) is 0 Å². The molecule has 0 aromatic rings. The molecular weight excluding hydrogens is 256 g/mol. The predicted octanol–water partition coefficient (Wildman–Crippen LogP) is 2.90. The van der Waals surface area contributed by atoms with Crippen molar-refractivity contribution in [3.63, 3.8) is 0 Å². The average Bonchev–Trinajstić information content (AvgIpc) is 2.73. The maximum atomic E-state index is 12.5. The number of cyclic esters (lactones) is 2. The minimum atomic E-state index is -1.08. The topological polar surface area (TPSA) is 52.6 Å². The SMILES string of the molecule is CCC1(C2CC3CCC2(C)C3(C)C)C(=O)OCOC1=O. The first-order valence-corrected chi connectivity index (χ1v) is 7.65. The lowest BCUT2D eigenvalue weighted by molar-refractivity contribution is -0.212. The van der Waals surface area contributed by atoms with Crippen LogP contribution in [0, 0.1) is 28.1 Å². The quantitative estimate of drug-likeness (QED) is 0.576. The zero-order valence-corrected chi connectivity index (χ0v) is 12.8. The Hall–Kier alpha value is -1.06. The number of rotatable bonds is 2. The van der Waals surface area contributed by atoms with Gasteiger partial charge in [0.15, 0.2) is 5.41 Å². The van der Waals surface area contributed by atoms with Gasteiger partial charge in [0.05, 0.1) is 0 Å². The molecule has 112 valence electrons. The lowest BCUT2D eigenvalue weighted by Gasteiger charge is -2.47. The fourth-order valence-electron chi connectivity index (χ4n) is 5.25. The summed E-state index contributed by atoms with van der Waals surface area (Å²) < 4.78 is 10.2. The Morgan fingerprint density at radius 2 is 1.75 bits per heavy atom. The molecule has 0 N–H and O–H groups in total. The van der Waals surface area contributed by atoms with E-state index in [1.807, 2.05) is 6.92 Å². The van der Waals surface area contributed by atoms with E-state index in [-0.39, 0.29) is 35.5 Å². The van der Waals surface area contributed by atoms with Crippen LogP contribution in [0.1, 0.15) is 53.4 Å². The Morgan fingerprint density at radius 1 is 1.15 bits per heavy atom. The van der Waals surface area contributed by atoms with Gasteiger partial charge in [0.25, 0.3) is 0 Å². The largest absolute Gasteiger partial charge is 0.427 e.